The fourth-order valence-electron chi connectivity index (χ4n) is 3.78. The van der Waals surface area contributed by atoms with Crippen LogP contribution in [0.3, 0.4) is 0 Å². The Morgan fingerprint density at radius 1 is 0.500 bits per heavy atom. The highest BCUT2D eigenvalue weighted by Gasteiger charge is 2.11. The van der Waals surface area contributed by atoms with E-state index in [0.717, 1.165) is 0 Å². The van der Waals surface area contributed by atoms with Gasteiger partial charge in [-0.3, -0.25) is 0 Å². The number of rotatable bonds is 22. The number of hydrogen-bond acceptors (Lipinski definition) is 0. The Morgan fingerprint density at radius 3 is 1.00 bits per heavy atom. The van der Waals surface area contributed by atoms with E-state index in [2.05, 4.69) is 26.1 Å². The SMILES string of the molecule is CCCCCCCCCCCCS(CCCCCCCCCCCC)=[P+](O)S. The van der Waals surface area contributed by atoms with Gasteiger partial charge in [-0.05, 0) is 12.8 Å². The summed E-state index contributed by atoms with van der Waals surface area (Å²) in [5, 5.41) is 0. The summed E-state index contributed by atoms with van der Waals surface area (Å²) in [6, 6.07) is 0. The predicted octanol–water partition coefficient (Wildman–Crippen LogP) is 9.60. The van der Waals surface area contributed by atoms with Crippen LogP contribution < -0.4 is 0 Å². The zero-order valence-corrected chi connectivity index (χ0v) is 21.9. The maximum absolute atomic E-state index is 10.0. The molecule has 0 saturated heterocycles. The molecule has 1 atom stereocenters. The molecule has 1 N–H and O–H groups in total. The summed E-state index contributed by atoms with van der Waals surface area (Å²) < 4.78 is 0. The maximum Gasteiger partial charge on any atom is 0.353 e. The van der Waals surface area contributed by atoms with E-state index >= 15 is 0 Å². The smallest absolute Gasteiger partial charge is 0.178 e. The second-order valence-corrected chi connectivity index (χ2v) is 15.3. The van der Waals surface area contributed by atoms with Crippen LogP contribution in [0.4, 0.5) is 0 Å². The molecule has 0 heterocycles. The summed E-state index contributed by atoms with van der Waals surface area (Å²) in [5.41, 5.74) is 0. The Balaban J connectivity index is 3.48. The van der Waals surface area contributed by atoms with Crippen molar-refractivity contribution in [3.8, 4) is 0 Å². The van der Waals surface area contributed by atoms with E-state index in [0.29, 0.717) is 0 Å². The first-order valence-electron chi connectivity index (χ1n) is 12.6. The highest BCUT2D eigenvalue weighted by Crippen LogP contribution is 2.29. The molecule has 4 heteroatoms. The van der Waals surface area contributed by atoms with Crippen molar-refractivity contribution < 1.29 is 4.89 Å². The van der Waals surface area contributed by atoms with E-state index in [4.69, 9.17) is 0 Å². The Hall–Kier alpha value is 0.960. The molecule has 0 radical (unpaired) electrons. The second-order valence-electron chi connectivity index (χ2n) is 8.49. The minimum atomic E-state index is -1.01. The van der Waals surface area contributed by atoms with Gasteiger partial charge in [-0.2, -0.15) is 4.89 Å². The van der Waals surface area contributed by atoms with E-state index in [1.165, 1.54) is 140 Å². The third-order valence-electron chi connectivity index (χ3n) is 5.70. The molecule has 28 heavy (non-hydrogen) atoms. The first-order valence-corrected chi connectivity index (χ1v) is 17.2. The van der Waals surface area contributed by atoms with Crippen molar-refractivity contribution in [2.24, 2.45) is 0 Å². The van der Waals surface area contributed by atoms with Gasteiger partial charge in [0, 0.05) is 21.6 Å². The molecule has 0 fully saturated rings. The van der Waals surface area contributed by atoms with Crippen LogP contribution in [0.1, 0.15) is 142 Å². The normalized spacial score (nSPS) is 12.1. The van der Waals surface area contributed by atoms with Crippen LogP contribution in [-0.4, -0.2) is 16.4 Å². The first-order chi connectivity index (χ1) is 13.7. The van der Waals surface area contributed by atoms with Gasteiger partial charge < -0.3 is 0 Å². The maximum atomic E-state index is 10.0. The second kappa shape index (κ2) is 24.2. The quantitative estimate of drug-likeness (QED) is 0.0953. The largest absolute Gasteiger partial charge is 0.353 e. The van der Waals surface area contributed by atoms with Crippen molar-refractivity contribution in [3.05, 3.63) is 0 Å². The molecular weight excluding hydrogens is 399 g/mol. The average Bonchev–Trinajstić information content (AvgIpc) is 2.68. The fraction of sp³-hybridized carbons (Fsp3) is 1.00. The lowest BCUT2D eigenvalue weighted by Crippen LogP contribution is -2.01. The lowest BCUT2D eigenvalue weighted by atomic mass is 10.1. The van der Waals surface area contributed by atoms with Crippen LogP contribution in [-0.2, 0) is 10.1 Å². The van der Waals surface area contributed by atoms with Crippen LogP contribution in [0.15, 0.2) is 0 Å². The topological polar surface area (TPSA) is 20.2 Å². The zero-order chi connectivity index (χ0) is 20.7. The van der Waals surface area contributed by atoms with Gasteiger partial charge in [-0.15, -0.1) is 0 Å². The molecule has 1 unspecified atom stereocenters. The lowest BCUT2D eigenvalue weighted by Gasteiger charge is -2.05. The monoisotopic (exact) mass is 451 g/mol. The molecular formula is C24H52OPS2+. The van der Waals surface area contributed by atoms with Gasteiger partial charge in [0.2, 0.25) is 0 Å². The Morgan fingerprint density at radius 2 is 0.750 bits per heavy atom. The molecule has 0 rings (SSSR count). The van der Waals surface area contributed by atoms with Gasteiger partial charge >= 0.3 is 6.13 Å². The fourth-order valence-corrected chi connectivity index (χ4v) is 8.61. The van der Waals surface area contributed by atoms with Crippen LogP contribution in [0.2, 0.25) is 0 Å². The van der Waals surface area contributed by atoms with Gasteiger partial charge in [-0.25, -0.2) is 0 Å². The van der Waals surface area contributed by atoms with Crippen molar-refractivity contribution in [2.45, 2.75) is 142 Å². The molecule has 0 aromatic rings. The molecule has 0 amide bonds. The van der Waals surface area contributed by atoms with Crippen molar-refractivity contribution in [1.29, 1.82) is 0 Å². The Kier molecular flexibility index (Phi) is 25.1. The van der Waals surface area contributed by atoms with Gasteiger partial charge in [0.25, 0.3) is 0 Å². The summed E-state index contributed by atoms with van der Waals surface area (Å²) in [6.07, 6.45) is 26.9. The standard InChI is InChI=1S/C24H52OPS2/c1-3-5-7-9-11-13-15-17-19-21-23-28(26(25)27)24-22-20-18-16-14-12-10-8-6-4-2/h25,27H,3-24H2,1-2H3/q+1. The van der Waals surface area contributed by atoms with Crippen LogP contribution >= 0.6 is 18.4 Å². The van der Waals surface area contributed by atoms with E-state index in [1.807, 2.05) is 0 Å². The van der Waals surface area contributed by atoms with Crippen LogP contribution in [0.25, 0.3) is 0 Å². The van der Waals surface area contributed by atoms with Crippen molar-refractivity contribution in [3.63, 3.8) is 0 Å². The third kappa shape index (κ3) is 21.7. The molecule has 0 bridgehead atoms. The van der Waals surface area contributed by atoms with Crippen molar-refractivity contribution >= 4 is 28.4 Å². The predicted molar refractivity (Wildman–Crippen MR) is 139 cm³/mol. The van der Waals surface area contributed by atoms with Gasteiger partial charge in [-0.1, -0.05) is 129 Å². The number of thiol groups is 1. The Bertz CT molecular complexity index is 317. The molecule has 0 aromatic carbocycles. The molecule has 0 aliphatic carbocycles. The third-order valence-corrected chi connectivity index (χ3v) is 12.2. The summed E-state index contributed by atoms with van der Waals surface area (Å²) in [4.78, 5) is 10.0. The van der Waals surface area contributed by atoms with Crippen LogP contribution in [0.5, 0.6) is 0 Å². The van der Waals surface area contributed by atoms with Crippen molar-refractivity contribution in [2.75, 3.05) is 11.5 Å². The number of unbranched alkanes of at least 4 members (excludes halogenated alkanes) is 18. The van der Waals surface area contributed by atoms with E-state index in [1.54, 1.807) is 0 Å². The summed E-state index contributed by atoms with van der Waals surface area (Å²) >= 11 is 4.42. The molecule has 1 nitrogen and oxygen atoms in total. The molecule has 0 aromatic heterocycles. The minimum absolute atomic E-state index is 0.183. The highest BCUT2D eigenvalue weighted by atomic mass is 32.9. The summed E-state index contributed by atoms with van der Waals surface area (Å²) in [5.74, 6) is 2.44. The summed E-state index contributed by atoms with van der Waals surface area (Å²) in [7, 11) is 0.183. The van der Waals surface area contributed by atoms with Gasteiger partial charge in [0.05, 0.1) is 0 Å². The van der Waals surface area contributed by atoms with E-state index in [9.17, 15) is 4.89 Å². The summed E-state index contributed by atoms with van der Waals surface area (Å²) in [6.45, 7) is 4.57. The molecule has 0 saturated carbocycles. The molecule has 170 valence electrons. The van der Waals surface area contributed by atoms with Gasteiger partial charge in [0.1, 0.15) is 12.2 Å². The number of hydrogen-bond donors (Lipinski definition) is 2. The Labute approximate surface area is 186 Å². The van der Waals surface area contributed by atoms with Crippen LogP contribution in [0, 0.1) is 0 Å². The highest BCUT2D eigenvalue weighted by molar-refractivity contribution is 8.60. The zero-order valence-electron chi connectivity index (χ0n) is 19.3. The lowest BCUT2D eigenvalue weighted by molar-refractivity contribution is 0.562. The van der Waals surface area contributed by atoms with Crippen molar-refractivity contribution in [1.82, 2.24) is 0 Å². The van der Waals surface area contributed by atoms with Gasteiger partial charge in [0.15, 0.2) is 0 Å². The first kappa shape index (κ1) is 29.0. The minimum Gasteiger partial charge on any atom is -0.178 e. The van der Waals surface area contributed by atoms with E-state index < -0.39 is 6.13 Å². The van der Waals surface area contributed by atoms with E-state index in [-0.39, 0.29) is 10.1 Å². The molecule has 0 aliphatic heterocycles. The molecule has 0 aliphatic rings. The average molecular weight is 452 g/mol. The molecule has 0 spiro atoms.